The number of para-hydroxylation sites is 1. The summed E-state index contributed by atoms with van der Waals surface area (Å²) in [7, 11) is 0. The molecule has 1 aliphatic rings. The lowest BCUT2D eigenvalue weighted by molar-refractivity contribution is 0.0677. The second kappa shape index (κ2) is 9.35. The number of hydrogen-bond donors (Lipinski definition) is 0. The smallest absolute Gasteiger partial charge is 0.276 e. The van der Waals surface area contributed by atoms with Gasteiger partial charge in [0.2, 0.25) is 0 Å². The van der Waals surface area contributed by atoms with Gasteiger partial charge in [0.25, 0.3) is 5.91 Å². The fraction of sp³-hybridized carbons (Fsp3) is 0.333. The Balaban J connectivity index is 1.38. The molecule has 156 valence electrons. The molecule has 6 heteroatoms. The highest BCUT2D eigenvalue weighted by Crippen LogP contribution is 2.27. The minimum atomic E-state index is -0.0947. The summed E-state index contributed by atoms with van der Waals surface area (Å²) in [5.41, 5.74) is 2.36. The van der Waals surface area contributed by atoms with Crippen molar-refractivity contribution in [2.75, 3.05) is 13.1 Å². The van der Waals surface area contributed by atoms with Gasteiger partial charge in [0.05, 0.1) is 10.6 Å². The normalized spacial score (nSPS) is 14.7. The molecule has 0 radical (unpaired) electrons. The third-order valence-electron chi connectivity index (χ3n) is 5.66. The Morgan fingerprint density at radius 3 is 2.57 bits per heavy atom. The van der Waals surface area contributed by atoms with Crippen molar-refractivity contribution in [3.63, 3.8) is 0 Å². The topological polar surface area (TPSA) is 55.6 Å². The lowest BCUT2D eigenvalue weighted by Gasteiger charge is -2.31. The minimum Gasteiger partial charge on any atom is -0.487 e. The zero-order valence-electron chi connectivity index (χ0n) is 17.0. The molecule has 0 spiro atoms. The number of ether oxygens (including phenoxy) is 1. The van der Waals surface area contributed by atoms with Gasteiger partial charge in [-0.3, -0.25) is 4.79 Å². The van der Waals surface area contributed by atoms with Crippen molar-refractivity contribution in [2.45, 2.75) is 32.8 Å². The predicted molar refractivity (Wildman–Crippen MR) is 116 cm³/mol. The Labute approximate surface area is 181 Å². The largest absolute Gasteiger partial charge is 0.487 e. The lowest BCUT2D eigenvalue weighted by atomic mass is 9.90. The van der Waals surface area contributed by atoms with Crippen molar-refractivity contribution in [1.29, 1.82) is 0 Å². The fourth-order valence-electron chi connectivity index (χ4n) is 3.88. The zero-order chi connectivity index (χ0) is 20.9. The summed E-state index contributed by atoms with van der Waals surface area (Å²) in [5, 5.41) is 4.56. The minimum absolute atomic E-state index is 0.0947. The Hall–Kier alpha value is -2.79. The molecule has 1 aliphatic heterocycles. The summed E-state index contributed by atoms with van der Waals surface area (Å²) in [4.78, 5) is 15.0. The van der Waals surface area contributed by atoms with Gasteiger partial charge in [-0.25, -0.2) is 0 Å². The maximum absolute atomic E-state index is 13.1. The molecule has 1 aromatic heterocycles. The first-order valence-electron chi connectivity index (χ1n) is 10.3. The highest BCUT2D eigenvalue weighted by molar-refractivity contribution is 6.32. The third kappa shape index (κ3) is 4.68. The van der Waals surface area contributed by atoms with Gasteiger partial charge >= 0.3 is 0 Å². The predicted octanol–water partition coefficient (Wildman–Crippen LogP) is 5.31. The quantitative estimate of drug-likeness (QED) is 0.538. The zero-order valence-corrected chi connectivity index (χ0v) is 17.8. The highest BCUT2D eigenvalue weighted by Gasteiger charge is 2.28. The number of aryl methyl sites for hydroxylation is 1. The van der Waals surface area contributed by atoms with E-state index in [2.05, 4.69) is 29.4 Å². The average Bonchev–Trinajstić information content (AvgIpc) is 3.14. The SMILES string of the molecule is Cc1onc(C(=O)N2CCC(Cc3ccccc3)CC2)c1COc1ccccc1Cl. The maximum atomic E-state index is 13.1. The van der Waals surface area contributed by atoms with Crippen LogP contribution in [-0.4, -0.2) is 29.1 Å². The molecule has 5 nitrogen and oxygen atoms in total. The summed E-state index contributed by atoms with van der Waals surface area (Å²) in [6, 6.07) is 17.8. The first-order valence-corrected chi connectivity index (χ1v) is 10.7. The molecule has 0 aliphatic carbocycles. The van der Waals surface area contributed by atoms with Gasteiger partial charge in [0.1, 0.15) is 18.1 Å². The standard InChI is InChI=1S/C24H25ClN2O3/c1-17-20(16-29-22-10-6-5-9-21(22)25)23(26-30-17)24(28)27-13-11-19(12-14-27)15-18-7-3-2-4-8-18/h2-10,19H,11-16H2,1H3. The van der Waals surface area contributed by atoms with Crippen LogP contribution in [0.15, 0.2) is 59.1 Å². The van der Waals surface area contributed by atoms with Crippen molar-refractivity contribution in [2.24, 2.45) is 5.92 Å². The van der Waals surface area contributed by atoms with E-state index >= 15 is 0 Å². The molecule has 1 amide bonds. The number of nitrogens with zero attached hydrogens (tertiary/aromatic N) is 2. The van der Waals surface area contributed by atoms with Crippen LogP contribution in [-0.2, 0) is 13.0 Å². The number of piperidine rings is 1. The molecule has 0 unspecified atom stereocenters. The summed E-state index contributed by atoms with van der Waals surface area (Å²) in [6.07, 6.45) is 3.04. The van der Waals surface area contributed by atoms with Gasteiger partial charge in [-0.2, -0.15) is 0 Å². The van der Waals surface area contributed by atoms with E-state index in [0.717, 1.165) is 32.4 Å². The summed E-state index contributed by atoms with van der Waals surface area (Å²) < 4.78 is 11.1. The van der Waals surface area contributed by atoms with Crippen LogP contribution in [0.2, 0.25) is 5.02 Å². The molecular formula is C24H25ClN2O3. The number of halogens is 1. The van der Waals surface area contributed by atoms with E-state index in [1.807, 2.05) is 23.1 Å². The van der Waals surface area contributed by atoms with Crippen LogP contribution in [0.1, 0.15) is 40.2 Å². The molecule has 0 atom stereocenters. The van der Waals surface area contributed by atoms with Gasteiger partial charge in [0.15, 0.2) is 5.69 Å². The Morgan fingerprint density at radius 2 is 1.83 bits per heavy atom. The number of aromatic nitrogens is 1. The number of benzene rings is 2. The van der Waals surface area contributed by atoms with E-state index in [9.17, 15) is 4.79 Å². The molecular weight excluding hydrogens is 400 g/mol. The number of rotatable bonds is 6. The van der Waals surface area contributed by atoms with Crippen LogP contribution in [0.5, 0.6) is 5.75 Å². The molecule has 30 heavy (non-hydrogen) atoms. The second-order valence-corrected chi connectivity index (χ2v) is 8.12. The number of amides is 1. The van der Waals surface area contributed by atoms with Gasteiger partial charge in [-0.15, -0.1) is 0 Å². The second-order valence-electron chi connectivity index (χ2n) is 7.71. The Kier molecular flexibility index (Phi) is 6.38. The maximum Gasteiger partial charge on any atom is 0.276 e. The summed E-state index contributed by atoms with van der Waals surface area (Å²) >= 11 is 6.16. The van der Waals surface area contributed by atoms with Gasteiger partial charge in [0, 0.05) is 13.1 Å². The highest BCUT2D eigenvalue weighted by atomic mass is 35.5. The van der Waals surface area contributed by atoms with Gasteiger partial charge in [-0.05, 0) is 49.8 Å². The van der Waals surface area contributed by atoms with Gasteiger partial charge < -0.3 is 14.2 Å². The Morgan fingerprint density at radius 1 is 1.13 bits per heavy atom. The van der Waals surface area contributed by atoms with Crippen LogP contribution in [0, 0.1) is 12.8 Å². The molecule has 0 bridgehead atoms. The molecule has 2 heterocycles. The molecule has 0 saturated carbocycles. The molecule has 1 saturated heterocycles. The van der Waals surface area contributed by atoms with E-state index < -0.39 is 0 Å². The van der Waals surface area contributed by atoms with Crippen LogP contribution >= 0.6 is 11.6 Å². The van der Waals surface area contributed by atoms with E-state index in [1.165, 1.54) is 5.56 Å². The molecule has 0 N–H and O–H groups in total. The number of carbonyl (C=O) groups is 1. The van der Waals surface area contributed by atoms with Crippen molar-refractivity contribution < 1.29 is 14.1 Å². The fourth-order valence-corrected chi connectivity index (χ4v) is 4.07. The van der Waals surface area contributed by atoms with Crippen LogP contribution in [0.25, 0.3) is 0 Å². The first-order chi connectivity index (χ1) is 14.6. The molecule has 2 aromatic carbocycles. The Bertz CT molecular complexity index is 995. The van der Waals surface area contributed by atoms with Crippen molar-refractivity contribution >= 4 is 17.5 Å². The number of hydrogen-bond acceptors (Lipinski definition) is 4. The summed E-state index contributed by atoms with van der Waals surface area (Å²) in [5.74, 6) is 1.66. The first kappa shape index (κ1) is 20.5. The van der Waals surface area contributed by atoms with Crippen LogP contribution in [0.4, 0.5) is 0 Å². The van der Waals surface area contributed by atoms with Crippen molar-refractivity contribution in [3.05, 3.63) is 82.2 Å². The van der Waals surface area contributed by atoms with E-state index in [1.54, 1.807) is 19.1 Å². The van der Waals surface area contributed by atoms with E-state index in [4.69, 9.17) is 20.9 Å². The average molecular weight is 425 g/mol. The molecule has 3 aromatic rings. The molecule has 4 rings (SSSR count). The van der Waals surface area contributed by atoms with Gasteiger partial charge in [-0.1, -0.05) is 59.2 Å². The van der Waals surface area contributed by atoms with E-state index in [0.29, 0.717) is 33.7 Å². The monoisotopic (exact) mass is 424 g/mol. The summed E-state index contributed by atoms with van der Waals surface area (Å²) in [6.45, 7) is 3.44. The molecule has 1 fully saturated rings. The van der Waals surface area contributed by atoms with Crippen LogP contribution in [0.3, 0.4) is 0 Å². The van der Waals surface area contributed by atoms with Crippen LogP contribution < -0.4 is 4.74 Å². The van der Waals surface area contributed by atoms with Crippen molar-refractivity contribution in [1.82, 2.24) is 10.1 Å². The van der Waals surface area contributed by atoms with Crippen molar-refractivity contribution in [3.8, 4) is 5.75 Å². The number of likely N-dealkylation sites (tertiary alicyclic amines) is 1. The lowest BCUT2D eigenvalue weighted by Crippen LogP contribution is -2.39. The van der Waals surface area contributed by atoms with E-state index in [-0.39, 0.29) is 12.5 Å². The third-order valence-corrected chi connectivity index (χ3v) is 5.98. The number of carbonyl (C=O) groups excluding carboxylic acids is 1.